The Hall–Kier alpha value is -3.69. The van der Waals surface area contributed by atoms with Crippen molar-refractivity contribution in [2.24, 2.45) is 0 Å². The number of ether oxygens (including phenoxy) is 1. The molecule has 0 saturated carbocycles. The summed E-state index contributed by atoms with van der Waals surface area (Å²) in [5.41, 5.74) is 2.64. The summed E-state index contributed by atoms with van der Waals surface area (Å²) in [5, 5.41) is 12.3. The van der Waals surface area contributed by atoms with Gasteiger partial charge in [-0.05, 0) is 24.6 Å². The molecule has 1 saturated heterocycles. The lowest BCUT2D eigenvalue weighted by molar-refractivity contribution is -0.846. The minimum Gasteiger partial charge on any atom is -0.448 e. The van der Waals surface area contributed by atoms with E-state index in [2.05, 4.69) is 10.2 Å². The van der Waals surface area contributed by atoms with E-state index >= 15 is 0 Å². The van der Waals surface area contributed by atoms with Crippen LogP contribution in [0.3, 0.4) is 0 Å². The predicted molar refractivity (Wildman–Crippen MR) is 122 cm³/mol. The molecule has 2 aromatic rings. The lowest BCUT2D eigenvalue weighted by Gasteiger charge is -2.35. The number of nitrogens with two attached hydrogens (primary N) is 1. The standard InChI is InChI=1S/C24H28N4O5/c1-18-7-5-6-10-20(18)23(30)22(26-32)21(17-29)25-11-16-33-24(31)28-14-12-27(13-15-28)19-8-3-2-4-9-19/h2-10,17,25-26,32H,11-16H2,1H3/p+1/b22-21-. The Balaban J connectivity index is 1.48. The average molecular weight is 454 g/mol. The molecule has 0 spiro atoms. The molecule has 1 fully saturated rings. The monoisotopic (exact) mass is 453 g/mol. The number of hydrogen-bond acceptors (Lipinski definition) is 7. The molecule has 0 radical (unpaired) electrons. The van der Waals surface area contributed by atoms with Gasteiger partial charge in [0.1, 0.15) is 12.3 Å². The van der Waals surface area contributed by atoms with E-state index in [1.165, 1.54) is 0 Å². The van der Waals surface area contributed by atoms with Crippen molar-refractivity contribution in [2.75, 3.05) is 44.2 Å². The fourth-order valence-corrected chi connectivity index (χ4v) is 3.62. The number of aldehydes is 1. The first-order valence-corrected chi connectivity index (χ1v) is 10.8. The summed E-state index contributed by atoms with van der Waals surface area (Å²) in [5.74, 6) is -0.474. The largest absolute Gasteiger partial charge is 0.448 e. The molecule has 33 heavy (non-hydrogen) atoms. The molecule has 1 aliphatic heterocycles. The second-order valence-corrected chi connectivity index (χ2v) is 7.57. The van der Waals surface area contributed by atoms with E-state index in [1.807, 2.05) is 30.3 Å². The molecular weight excluding hydrogens is 424 g/mol. The average Bonchev–Trinajstić information content (AvgIpc) is 2.86. The second kappa shape index (κ2) is 11.8. The summed E-state index contributed by atoms with van der Waals surface area (Å²) in [4.78, 5) is 40.5. The maximum Gasteiger partial charge on any atom is 0.409 e. The van der Waals surface area contributed by atoms with E-state index < -0.39 is 11.9 Å². The van der Waals surface area contributed by atoms with Crippen LogP contribution in [0, 0.1) is 6.92 Å². The van der Waals surface area contributed by atoms with Crippen molar-refractivity contribution < 1.29 is 29.8 Å². The SMILES string of the molecule is Cc1ccccc1C(=O)/C([NH2+]O)=C(\C=O)NCCOC(=O)N1CCN(c2ccccc2)CC1. The summed E-state index contributed by atoms with van der Waals surface area (Å²) in [6.45, 7) is 4.42. The van der Waals surface area contributed by atoms with Crippen molar-refractivity contribution in [1.82, 2.24) is 10.2 Å². The maximum absolute atomic E-state index is 12.7. The van der Waals surface area contributed by atoms with Crippen LogP contribution < -0.4 is 15.7 Å². The first kappa shape index (κ1) is 24.0. The number of benzene rings is 2. The van der Waals surface area contributed by atoms with Gasteiger partial charge in [-0.15, -0.1) is 0 Å². The number of carbonyl (C=O) groups is 3. The van der Waals surface area contributed by atoms with Crippen molar-refractivity contribution >= 4 is 23.9 Å². The van der Waals surface area contributed by atoms with Crippen LogP contribution in [0.25, 0.3) is 0 Å². The van der Waals surface area contributed by atoms with Gasteiger partial charge in [0.2, 0.25) is 5.70 Å². The Morgan fingerprint density at radius 3 is 2.36 bits per heavy atom. The van der Waals surface area contributed by atoms with Crippen LogP contribution in [0.15, 0.2) is 66.0 Å². The zero-order valence-corrected chi connectivity index (χ0v) is 18.6. The number of carbonyl (C=O) groups excluding carboxylic acids is 3. The number of nitrogens with one attached hydrogen (secondary N) is 1. The summed E-state index contributed by atoms with van der Waals surface area (Å²) in [6.07, 6.45) is 0.0362. The van der Waals surface area contributed by atoms with Gasteiger partial charge in [0.15, 0.2) is 6.29 Å². The van der Waals surface area contributed by atoms with E-state index in [0.717, 1.165) is 11.3 Å². The molecule has 0 aromatic heterocycles. The smallest absolute Gasteiger partial charge is 0.409 e. The topological polar surface area (TPSA) is 116 Å². The van der Waals surface area contributed by atoms with Crippen molar-refractivity contribution in [3.63, 3.8) is 0 Å². The molecule has 3 rings (SSSR count). The van der Waals surface area contributed by atoms with E-state index in [0.29, 0.717) is 43.5 Å². The molecule has 1 amide bonds. The van der Waals surface area contributed by atoms with Crippen molar-refractivity contribution in [3.8, 4) is 0 Å². The lowest BCUT2D eigenvalue weighted by atomic mass is 10.0. The van der Waals surface area contributed by atoms with Crippen LogP contribution in [0.5, 0.6) is 0 Å². The Morgan fingerprint density at radius 2 is 1.73 bits per heavy atom. The third kappa shape index (κ3) is 6.18. The summed E-state index contributed by atoms with van der Waals surface area (Å²) in [7, 11) is 0. The number of quaternary nitrogens is 1. The van der Waals surface area contributed by atoms with Gasteiger partial charge >= 0.3 is 6.09 Å². The minimum atomic E-state index is -0.474. The van der Waals surface area contributed by atoms with Gasteiger partial charge in [-0.25, -0.2) is 10.0 Å². The van der Waals surface area contributed by atoms with Gasteiger partial charge < -0.3 is 19.9 Å². The molecule has 0 unspecified atom stereocenters. The fourth-order valence-electron chi connectivity index (χ4n) is 3.62. The highest BCUT2D eigenvalue weighted by Gasteiger charge is 2.24. The predicted octanol–water partition coefficient (Wildman–Crippen LogP) is 1.09. The van der Waals surface area contributed by atoms with E-state index in [1.54, 1.807) is 36.1 Å². The second-order valence-electron chi connectivity index (χ2n) is 7.57. The molecule has 2 aromatic carbocycles. The van der Waals surface area contributed by atoms with Crippen LogP contribution in [0.4, 0.5) is 10.5 Å². The third-order valence-corrected chi connectivity index (χ3v) is 5.47. The van der Waals surface area contributed by atoms with Crippen LogP contribution in [-0.2, 0) is 9.53 Å². The minimum absolute atomic E-state index is 0.00629. The van der Waals surface area contributed by atoms with Gasteiger partial charge in [-0.3, -0.25) is 9.59 Å². The normalized spacial score (nSPS) is 14.4. The molecule has 9 nitrogen and oxygen atoms in total. The molecular formula is C24H29N4O5+. The molecule has 0 atom stereocenters. The van der Waals surface area contributed by atoms with Gasteiger partial charge in [-0.2, -0.15) is 5.48 Å². The zero-order valence-electron chi connectivity index (χ0n) is 18.6. The molecule has 0 bridgehead atoms. The van der Waals surface area contributed by atoms with Crippen LogP contribution >= 0.6 is 0 Å². The number of anilines is 1. The highest BCUT2D eigenvalue weighted by molar-refractivity contribution is 6.10. The fraction of sp³-hybridized carbons (Fsp3) is 0.292. The molecule has 1 aliphatic rings. The number of allylic oxidation sites excluding steroid dienone is 2. The van der Waals surface area contributed by atoms with Crippen LogP contribution in [0.2, 0.25) is 0 Å². The number of hydrogen-bond donors (Lipinski definition) is 3. The maximum atomic E-state index is 12.7. The molecule has 9 heteroatoms. The van der Waals surface area contributed by atoms with Gasteiger partial charge in [0.05, 0.1) is 0 Å². The number of amides is 1. The van der Waals surface area contributed by atoms with E-state index in [9.17, 15) is 19.6 Å². The van der Waals surface area contributed by atoms with Crippen molar-refractivity contribution in [3.05, 3.63) is 77.1 Å². The van der Waals surface area contributed by atoms with E-state index in [4.69, 9.17) is 4.74 Å². The van der Waals surface area contributed by atoms with Gasteiger partial charge in [0, 0.05) is 44.0 Å². The van der Waals surface area contributed by atoms with E-state index in [-0.39, 0.29) is 24.5 Å². The van der Waals surface area contributed by atoms with Gasteiger partial charge in [0.25, 0.3) is 5.78 Å². The van der Waals surface area contributed by atoms with Gasteiger partial charge in [-0.1, -0.05) is 42.5 Å². The molecule has 4 N–H and O–H groups in total. The Morgan fingerprint density at radius 1 is 1.06 bits per heavy atom. The number of para-hydroxylation sites is 1. The number of rotatable bonds is 9. The first-order valence-electron chi connectivity index (χ1n) is 10.8. The number of piperazine rings is 1. The summed E-state index contributed by atoms with van der Waals surface area (Å²) < 4.78 is 5.30. The molecule has 0 aliphatic carbocycles. The number of nitrogens with zero attached hydrogens (tertiary/aromatic N) is 2. The van der Waals surface area contributed by atoms with Crippen LogP contribution in [-0.4, -0.2) is 67.6 Å². The third-order valence-electron chi connectivity index (χ3n) is 5.47. The molecule has 1 heterocycles. The highest BCUT2D eigenvalue weighted by atomic mass is 16.6. The van der Waals surface area contributed by atoms with Crippen molar-refractivity contribution in [2.45, 2.75) is 6.92 Å². The number of Topliss-reactive ketones (excluding diaryl/α,β-unsaturated/α-hetero) is 1. The summed E-state index contributed by atoms with van der Waals surface area (Å²) in [6, 6.07) is 16.9. The highest BCUT2D eigenvalue weighted by Crippen LogP contribution is 2.16. The Labute approximate surface area is 192 Å². The lowest BCUT2D eigenvalue weighted by Crippen LogP contribution is -2.80. The summed E-state index contributed by atoms with van der Waals surface area (Å²) >= 11 is 0. The Kier molecular flexibility index (Phi) is 8.56. The Bertz CT molecular complexity index is 1000. The zero-order chi connectivity index (χ0) is 23.6. The number of aryl methyl sites for hydroxylation is 1. The molecule has 174 valence electrons. The number of ketones is 1. The quantitative estimate of drug-likeness (QED) is 0.171. The van der Waals surface area contributed by atoms with Crippen molar-refractivity contribution in [1.29, 1.82) is 0 Å². The first-order chi connectivity index (χ1) is 16.0. The van der Waals surface area contributed by atoms with Crippen LogP contribution in [0.1, 0.15) is 15.9 Å². The number of hydroxylamine groups is 1.